The summed E-state index contributed by atoms with van der Waals surface area (Å²) < 4.78 is 36.9. The van der Waals surface area contributed by atoms with Gasteiger partial charge in [0.25, 0.3) is 11.8 Å². The van der Waals surface area contributed by atoms with Gasteiger partial charge in [0.15, 0.2) is 11.6 Å². The molecule has 0 saturated carbocycles. The Labute approximate surface area is 300 Å². The predicted octanol–water partition coefficient (Wildman–Crippen LogP) is 4.97. The maximum atomic E-state index is 15.2. The minimum absolute atomic E-state index is 0.00492. The van der Waals surface area contributed by atoms with Crippen LogP contribution < -0.4 is 15.8 Å². The highest BCUT2D eigenvalue weighted by atomic mass is 35.5. The van der Waals surface area contributed by atoms with E-state index in [9.17, 15) is 23.6 Å². The van der Waals surface area contributed by atoms with Gasteiger partial charge in [-0.25, -0.2) is 13.8 Å². The number of ether oxygens (including phenoxy) is 1. The molecule has 0 aliphatic carbocycles. The van der Waals surface area contributed by atoms with Gasteiger partial charge >= 0.3 is 0 Å². The van der Waals surface area contributed by atoms with E-state index < -0.39 is 41.3 Å². The largest absolute Gasteiger partial charge is 0.489 e. The van der Waals surface area contributed by atoms with Crippen molar-refractivity contribution in [3.8, 4) is 16.9 Å². The number of nitrogens with two attached hydrogens (primary N) is 1. The van der Waals surface area contributed by atoms with Crippen molar-refractivity contribution < 1.29 is 32.7 Å². The molecule has 0 unspecified atom stereocenters. The SMILES string of the molecule is Nc1ncc(-c2cnn(C3CCN(Cc4cc(F)c5c(c4)C(=O)N([C@@H]4CCC(=O)NC4=O)C5=O)CC3)c2)cc1OCCc1c(Cl)ccc(F)c1Cl. The number of rotatable bonds is 9. The summed E-state index contributed by atoms with van der Waals surface area (Å²) in [4.78, 5) is 57.3. The molecule has 4 amide bonds. The van der Waals surface area contributed by atoms with Crippen molar-refractivity contribution >= 4 is 52.6 Å². The van der Waals surface area contributed by atoms with Crippen molar-refractivity contribution in [2.24, 2.45) is 0 Å². The van der Waals surface area contributed by atoms with Crippen LogP contribution in [0, 0.1) is 11.6 Å². The number of carbonyl (C=O) groups is 4. The van der Waals surface area contributed by atoms with Crippen molar-refractivity contribution in [2.75, 3.05) is 25.4 Å². The highest BCUT2D eigenvalue weighted by Gasteiger charge is 2.46. The third-order valence-electron chi connectivity index (χ3n) is 9.46. The number of hydrogen-bond donors (Lipinski definition) is 2. The van der Waals surface area contributed by atoms with Gasteiger partial charge in [-0.05, 0) is 60.7 Å². The molecule has 5 heterocycles. The van der Waals surface area contributed by atoms with Gasteiger partial charge in [0, 0.05) is 61.0 Å². The number of fused-ring (bicyclic) bond motifs is 1. The molecule has 4 aromatic rings. The Morgan fingerprint density at radius 1 is 0.961 bits per heavy atom. The number of pyridine rings is 1. The Morgan fingerprint density at radius 2 is 1.75 bits per heavy atom. The van der Waals surface area contributed by atoms with E-state index in [1.807, 2.05) is 10.9 Å². The average molecular weight is 739 g/mol. The predicted molar refractivity (Wildman–Crippen MR) is 182 cm³/mol. The first-order valence-electron chi connectivity index (χ1n) is 16.3. The quantitative estimate of drug-likeness (QED) is 0.179. The molecule has 3 aliphatic rings. The van der Waals surface area contributed by atoms with E-state index in [4.69, 9.17) is 33.7 Å². The van der Waals surface area contributed by atoms with Crippen molar-refractivity contribution in [3.63, 3.8) is 0 Å². The fraction of sp³-hybridized carbons (Fsp3) is 0.314. The number of nitrogen functional groups attached to an aromatic ring is 1. The van der Waals surface area contributed by atoms with Gasteiger partial charge in [-0.3, -0.25) is 39.0 Å². The number of carbonyl (C=O) groups excluding carboxylic acids is 4. The molecule has 0 radical (unpaired) electrons. The first-order chi connectivity index (χ1) is 24.5. The van der Waals surface area contributed by atoms with E-state index in [1.54, 1.807) is 18.5 Å². The number of hydrogen-bond acceptors (Lipinski definition) is 9. The van der Waals surface area contributed by atoms with Crippen LogP contribution >= 0.6 is 23.2 Å². The first-order valence-corrected chi connectivity index (χ1v) is 17.1. The van der Waals surface area contributed by atoms with Crippen molar-refractivity contribution in [1.82, 2.24) is 29.9 Å². The second kappa shape index (κ2) is 14.0. The molecule has 2 saturated heterocycles. The summed E-state index contributed by atoms with van der Waals surface area (Å²) in [5.74, 6) is -3.67. The second-order valence-corrected chi connectivity index (χ2v) is 13.5. The molecular formula is C35H31Cl2F2N7O5. The van der Waals surface area contributed by atoms with Crippen LogP contribution in [0.4, 0.5) is 14.6 Å². The topological polar surface area (TPSA) is 153 Å². The Balaban J connectivity index is 0.962. The van der Waals surface area contributed by atoms with Gasteiger partial charge in [0.1, 0.15) is 17.7 Å². The van der Waals surface area contributed by atoms with Crippen molar-refractivity contribution in [3.05, 3.63) is 92.9 Å². The summed E-state index contributed by atoms with van der Waals surface area (Å²) >= 11 is 12.3. The van der Waals surface area contributed by atoms with Crippen LogP contribution in [0.1, 0.15) is 63.6 Å². The summed E-state index contributed by atoms with van der Waals surface area (Å²) in [6.45, 7) is 1.85. The zero-order valence-corrected chi connectivity index (χ0v) is 28.5. The second-order valence-electron chi connectivity index (χ2n) is 12.7. The van der Waals surface area contributed by atoms with Crippen LogP contribution in [0.25, 0.3) is 11.1 Å². The summed E-state index contributed by atoms with van der Waals surface area (Å²) in [5, 5.41) is 7.03. The zero-order chi connectivity index (χ0) is 36.0. The molecule has 2 aromatic carbocycles. The molecule has 0 bridgehead atoms. The molecule has 16 heteroatoms. The lowest BCUT2D eigenvalue weighted by Crippen LogP contribution is -2.54. The zero-order valence-electron chi connectivity index (χ0n) is 27.0. The minimum Gasteiger partial charge on any atom is -0.489 e. The fourth-order valence-electron chi connectivity index (χ4n) is 6.77. The Kier molecular flexibility index (Phi) is 9.48. The lowest BCUT2D eigenvalue weighted by atomic mass is 10.0. The maximum Gasteiger partial charge on any atom is 0.265 e. The van der Waals surface area contributed by atoms with Crippen LogP contribution in [0.3, 0.4) is 0 Å². The lowest BCUT2D eigenvalue weighted by molar-refractivity contribution is -0.136. The number of likely N-dealkylation sites (tertiary alicyclic amines) is 1. The third kappa shape index (κ3) is 6.78. The summed E-state index contributed by atoms with van der Waals surface area (Å²) in [6.07, 6.45) is 7.05. The minimum atomic E-state index is -1.16. The molecule has 3 N–H and O–H groups in total. The number of halogens is 4. The van der Waals surface area contributed by atoms with E-state index in [0.29, 0.717) is 41.5 Å². The number of benzene rings is 2. The molecule has 2 fully saturated rings. The fourth-order valence-corrected chi connectivity index (χ4v) is 7.33. The Bertz CT molecular complexity index is 2090. The normalized spacial score (nSPS) is 18.4. The van der Waals surface area contributed by atoms with Crippen LogP contribution in [-0.2, 0) is 22.6 Å². The van der Waals surface area contributed by atoms with Gasteiger partial charge < -0.3 is 10.5 Å². The van der Waals surface area contributed by atoms with Gasteiger partial charge in [0.05, 0.1) is 35.0 Å². The number of anilines is 1. The molecule has 1 atom stereocenters. The highest BCUT2D eigenvalue weighted by Crippen LogP contribution is 2.33. The Morgan fingerprint density at radius 3 is 2.51 bits per heavy atom. The van der Waals surface area contributed by atoms with E-state index in [1.165, 1.54) is 24.3 Å². The molecule has 12 nitrogen and oxygen atoms in total. The number of aromatic nitrogens is 3. The van der Waals surface area contributed by atoms with Crippen LogP contribution in [0.5, 0.6) is 5.75 Å². The molecule has 51 heavy (non-hydrogen) atoms. The van der Waals surface area contributed by atoms with Crippen LogP contribution in [0.2, 0.25) is 10.0 Å². The van der Waals surface area contributed by atoms with Crippen molar-refractivity contribution in [2.45, 2.75) is 50.7 Å². The monoisotopic (exact) mass is 737 g/mol. The van der Waals surface area contributed by atoms with Crippen LogP contribution in [-0.4, -0.2) is 73.9 Å². The summed E-state index contributed by atoms with van der Waals surface area (Å²) in [7, 11) is 0. The lowest BCUT2D eigenvalue weighted by Gasteiger charge is -2.32. The third-order valence-corrected chi connectivity index (χ3v) is 10.2. The van der Waals surface area contributed by atoms with E-state index in [2.05, 4.69) is 20.3 Å². The maximum absolute atomic E-state index is 15.2. The molecule has 0 spiro atoms. The number of amides is 4. The van der Waals surface area contributed by atoms with Crippen LogP contribution in [0.15, 0.2) is 48.9 Å². The summed E-state index contributed by atoms with van der Waals surface area (Å²) in [6, 6.07) is 6.13. The number of piperidine rings is 2. The van der Waals surface area contributed by atoms with Crippen molar-refractivity contribution in [1.29, 1.82) is 0 Å². The van der Waals surface area contributed by atoms with Gasteiger partial charge in [-0.1, -0.05) is 23.2 Å². The highest BCUT2D eigenvalue weighted by molar-refractivity contribution is 6.36. The molecule has 7 rings (SSSR count). The molecule has 3 aliphatic heterocycles. The number of nitrogens with zero attached hydrogens (tertiary/aromatic N) is 5. The van der Waals surface area contributed by atoms with Gasteiger partial charge in [0.2, 0.25) is 11.8 Å². The molecule has 264 valence electrons. The van der Waals surface area contributed by atoms with E-state index in [-0.39, 0.29) is 53.9 Å². The average Bonchev–Trinajstić information content (AvgIpc) is 3.69. The number of imide groups is 2. The molecular weight excluding hydrogens is 707 g/mol. The van der Waals surface area contributed by atoms with E-state index >= 15 is 4.39 Å². The molecule has 2 aromatic heterocycles. The van der Waals surface area contributed by atoms with Gasteiger partial charge in [-0.2, -0.15) is 5.10 Å². The summed E-state index contributed by atoms with van der Waals surface area (Å²) in [5.41, 5.74) is 8.16. The first kappa shape index (κ1) is 34.5. The van der Waals surface area contributed by atoms with E-state index in [0.717, 1.165) is 28.9 Å². The smallest absolute Gasteiger partial charge is 0.265 e. The number of nitrogens with one attached hydrogen (secondary N) is 1. The van der Waals surface area contributed by atoms with Gasteiger partial charge in [-0.15, -0.1) is 0 Å². The standard InChI is InChI=1S/C35H31Cl2F2N7O5/c36-24-1-2-25(38)31(37)22(24)7-10-51-28-13-19(14-41-32(28)40)20-15-42-45(17-20)21-5-8-44(9-6-21)16-18-11-23-30(26(39)12-18)35(50)46(34(23)49)27-3-4-29(47)43-33(27)48/h1-2,11-15,17,21,27H,3-10,16H2,(H2,40,41)(H,43,47,48)/t27-/m1/s1. The Hall–Kier alpha value is -4.92.